The summed E-state index contributed by atoms with van der Waals surface area (Å²) in [4.78, 5) is 24.8. The molecule has 3 aromatic heterocycles. The predicted molar refractivity (Wildman–Crippen MR) is 144 cm³/mol. The van der Waals surface area contributed by atoms with Crippen molar-refractivity contribution < 1.29 is 19.4 Å². The SMILES string of the molecule is Cc1nc(-c2nnn(C)c2CNc2nccc(Oc3ccc(Cl)cc3)n2)ccc1O[C@H]1CCC[C@H](C(=O)O)C1. The molecule has 4 aromatic rings. The lowest BCUT2D eigenvalue weighted by Crippen LogP contribution is -2.29. The van der Waals surface area contributed by atoms with Crippen molar-refractivity contribution in [3.63, 3.8) is 0 Å². The predicted octanol–water partition coefficient (Wildman–Crippen LogP) is 5.06. The van der Waals surface area contributed by atoms with E-state index in [2.05, 4.69) is 25.6 Å². The third-order valence-corrected chi connectivity index (χ3v) is 6.82. The Labute approximate surface area is 230 Å². The molecule has 202 valence electrons. The molecule has 0 spiro atoms. The number of carboxylic acid groups (broad SMARTS) is 1. The Kier molecular flexibility index (Phi) is 7.87. The minimum atomic E-state index is -0.761. The van der Waals surface area contributed by atoms with Gasteiger partial charge in [0.2, 0.25) is 11.8 Å². The molecule has 2 atom stereocenters. The smallest absolute Gasteiger partial charge is 0.306 e. The fourth-order valence-corrected chi connectivity index (χ4v) is 4.63. The molecule has 11 nitrogen and oxygen atoms in total. The van der Waals surface area contributed by atoms with E-state index in [1.807, 2.05) is 19.1 Å². The van der Waals surface area contributed by atoms with E-state index in [0.717, 1.165) is 18.5 Å². The molecule has 3 heterocycles. The van der Waals surface area contributed by atoms with Crippen LogP contribution in [0.3, 0.4) is 0 Å². The number of anilines is 1. The highest BCUT2D eigenvalue weighted by atomic mass is 35.5. The second-order valence-electron chi connectivity index (χ2n) is 9.36. The van der Waals surface area contributed by atoms with Gasteiger partial charge >= 0.3 is 5.97 Å². The Balaban J connectivity index is 1.26. The lowest BCUT2D eigenvalue weighted by atomic mass is 9.87. The summed E-state index contributed by atoms with van der Waals surface area (Å²) in [5.41, 5.74) is 2.76. The van der Waals surface area contributed by atoms with Gasteiger partial charge in [-0.1, -0.05) is 16.8 Å². The minimum Gasteiger partial charge on any atom is -0.489 e. The van der Waals surface area contributed by atoms with E-state index in [4.69, 9.17) is 26.1 Å². The number of aliphatic carboxylic acids is 1. The fourth-order valence-electron chi connectivity index (χ4n) is 4.50. The van der Waals surface area contributed by atoms with Crippen LogP contribution >= 0.6 is 11.6 Å². The molecular formula is C27H28ClN7O4. The van der Waals surface area contributed by atoms with Gasteiger partial charge in [-0.2, -0.15) is 4.98 Å². The summed E-state index contributed by atoms with van der Waals surface area (Å²) in [6.45, 7) is 2.21. The Hall–Kier alpha value is -4.25. The zero-order chi connectivity index (χ0) is 27.4. The van der Waals surface area contributed by atoms with Gasteiger partial charge in [0.15, 0.2) is 0 Å². The van der Waals surface area contributed by atoms with Crippen LogP contribution in [0.4, 0.5) is 5.95 Å². The standard InChI is InChI=1S/C27H28ClN7O4/c1-16-23(38-20-5-3-4-17(14-20)26(36)37)11-10-21(31-16)25-22(35(2)34-33-25)15-30-27-29-13-12-24(32-27)39-19-8-6-18(28)7-9-19/h6-13,17,20H,3-5,14-15H2,1-2H3,(H,36,37)(H,29,30,32)/t17-,20-/m0/s1. The van der Waals surface area contributed by atoms with E-state index >= 15 is 0 Å². The van der Waals surface area contributed by atoms with Crippen LogP contribution < -0.4 is 14.8 Å². The van der Waals surface area contributed by atoms with E-state index in [1.54, 1.807) is 48.3 Å². The minimum absolute atomic E-state index is 0.137. The van der Waals surface area contributed by atoms with Gasteiger partial charge in [0, 0.05) is 24.3 Å². The lowest BCUT2D eigenvalue weighted by Gasteiger charge is -2.27. The maximum Gasteiger partial charge on any atom is 0.306 e. The number of hydrogen-bond acceptors (Lipinski definition) is 9. The molecule has 2 N–H and O–H groups in total. The van der Waals surface area contributed by atoms with Crippen LogP contribution in [0.5, 0.6) is 17.4 Å². The average molecular weight is 550 g/mol. The molecule has 1 aromatic carbocycles. The number of aromatic nitrogens is 6. The first-order valence-corrected chi connectivity index (χ1v) is 13.0. The monoisotopic (exact) mass is 549 g/mol. The number of nitrogens with one attached hydrogen (secondary N) is 1. The highest BCUT2D eigenvalue weighted by molar-refractivity contribution is 6.30. The second-order valence-corrected chi connectivity index (χ2v) is 9.79. The quantitative estimate of drug-likeness (QED) is 0.291. The van der Waals surface area contributed by atoms with Gasteiger partial charge in [-0.25, -0.2) is 14.6 Å². The van der Waals surface area contributed by atoms with Crippen molar-refractivity contribution in [1.82, 2.24) is 29.9 Å². The first-order valence-electron chi connectivity index (χ1n) is 12.6. The summed E-state index contributed by atoms with van der Waals surface area (Å²) in [6, 6.07) is 12.4. The number of nitrogens with zero attached hydrogens (tertiary/aromatic N) is 6. The number of rotatable bonds is 9. The highest BCUT2D eigenvalue weighted by Crippen LogP contribution is 2.30. The summed E-state index contributed by atoms with van der Waals surface area (Å²) < 4.78 is 13.6. The molecule has 0 unspecified atom stereocenters. The molecule has 1 fully saturated rings. The van der Waals surface area contributed by atoms with Crippen LogP contribution in [-0.4, -0.2) is 47.1 Å². The first-order chi connectivity index (χ1) is 18.9. The van der Waals surface area contributed by atoms with Crippen molar-refractivity contribution in [2.24, 2.45) is 13.0 Å². The van der Waals surface area contributed by atoms with E-state index in [1.165, 1.54) is 0 Å². The van der Waals surface area contributed by atoms with Gasteiger partial charge in [0.25, 0.3) is 0 Å². The number of carbonyl (C=O) groups is 1. The number of ether oxygens (including phenoxy) is 2. The Morgan fingerprint density at radius 3 is 2.74 bits per heavy atom. The zero-order valence-electron chi connectivity index (χ0n) is 21.5. The number of halogens is 1. The molecule has 1 aliphatic carbocycles. The normalized spacial score (nSPS) is 17.0. The van der Waals surface area contributed by atoms with Gasteiger partial charge in [-0.3, -0.25) is 4.79 Å². The van der Waals surface area contributed by atoms with Crippen LogP contribution in [0, 0.1) is 12.8 Å². The van der Waals surface area contributed by atoms with E-state index in [9.17, 15) is 9.90 Å². The van der Waals surface area contributed by atoms with Crippen molar-refractivity contribution >= 4 is 23.5 Å². The third-order valence-electron chi connectivity index (χ3n) is 6.57. The summed E-state index contributed by atoms with van der Waals surface area (Å²) in [7, 11) is 1.81. The van der Waals surface area contributed by atoms with Gasteiger partial charge < -0.3 is 19.9 Å². The molecule has 0 saturated heterocycles. The number of carboxylic acids is 1. The van der Waals surface area contributed by atoms with Crippen molar-refractivity contribution in [2.75, 3.05) is 5.32 Å². The number of hydrogen-bond donors (Lipinski definition) is 2. The molecule has 1 aliphatic rings. The fraction of sp³-hybridized carbons (Fsp3) is 0.333. The lowest BCUT2D eigenvalue weighted by molar-refractivity contribution is -0.143. The van der Waals surface area contributed by atoms with Crippen molar-refractivity contribution in [3.05, 3.63) is 65.1 Å². The molecule has 0 amide bonds. The molecule has 39 heavy (non-hydrogen) atoms. The van der Waals surface area contributed by atoms with Crippen molar-refractivity contribution in [1.29, 1.82) is 0 Å². The van der Waals surface area contributed by atoms with E-state index in [-0.39, 0.29) is 12.0 Å². The van der Waals surface area contributed by atoms with Gasteiger partial charge in [-0.05, 0) is 69.0 Å². The van der Waals surface area contributed by atoms with Crippen LogP contribution in [0.1, 0.15) is 37.1 Å². The van der Waals surface area contributed by atoms with Crippen LogP contribution in [0.2, 0.25) is 5.02 Å². The molecule has 0 bridgehead atoms. The summed E-state index contributed by atoms with van der Waals surface area (Å²) in [6.07, 6.45) is 4.34. The van der Waals surface area contributed by atoms with Crippen LogP contribution in [0.25, 0.3) is 11.4 Å². The number of aryl methyl sites for hydroxylation is 2. The zero-order valence-corrected chi connectivity index (χ0v) is 22.3. The number of benzene rings is 1. The summed E-state index contributed by atoms with van der Waals surface area (Å²) >= 11 is 5.94. The maximum absolute atomic E-state index is 11.4. The van der Waals surface area contributed by atoms with Gasteiger partial charge in [-0.15, -0.1) is 5.10 Å². The molecule has 12 heteroatoms. The molecule has 0 radical (unpaired) electrons. The number of pyridine rings is 1. The molecule has 1 saturated carbocycles. The maximum atomic E-state index is 11.4. The van der Waals surface area contributed by atoms with Crippen LogP contribution in [-0.2, 0) is 18.4 Å². The van der Waals surface area contributed by atoms with Crippen LogP contribution in [0.15, 0.2) is 48.7 Å². The Bertz CT molecular complexity index is 1460. The molecule has 5 rings (SSSR count). The van der Waals surface area contributed by atoms with Crippen molar-refractivity contribution in [2.45, 2.75) is 45.3 Å². The average Bonchev–Trinajstić information content (AvgIpc) is 3.30. The Morgan fingerprint density at radius 1 is 1.15 bits per heavy atom. The van der Waals surface area contributed by atoms with Gasteiger partial charge in [0.1, 0.15) is 17.2 Å². The van der Waals surface area contributed by atoms with Crippen molar-refractivity contribution in [3.8, 4) is 28.8 Å². The second kappa shape index (κ2) is 11.6. The van der Waals surface area contributed by atoms with E-state index < -0.39 is 5.97 Å². The Morgan fingerprint density at radius 2 is 1.97 bits per heavy atom. The first kappa shape index (κ1) is 26.4. The highest BCUT2D eigenvalue weighted by Gasteiger charge is 2.28. The topological polar surface area (TPSA) is 137 Å². The van der Waals surface area contributed by atoms with E-state index in [0.29, 0.717) is 64.8 Å². The molecule has 0 aliphatic heterocycles. The van der Waals surface area contributed by atoms with Gasteiger partial charge in [0.05, 0.1) is 35.6 Å². The summed E-state index contributed by atoms with van der Waals surface area (Å²) in [5, 5.41) is 21.7. The largest absolute Gasteiger partial charge is 0.489 e. The summed E-state index contributed by atoms with van der Waals surface area (Å²) in [5.74, 6) is 0.904. The third kappa shape index (κ3) is 6.43. The molecular weight excluding hydrogens is 522 g/mol.